The Kier molecular flexibility index (Phi) is 4.29. The average Bonchev–Trinajstić information content (AvgIpc) is 3.04. The van der Waals surface area contributed by atoms with E-state index in [2.05, 4.69) is 19.4 Å². The van der Waals surface area contributed by atoms with Crippen molar-refractivity contribution < 1.29 is 9.59 Å². The summed E-state index contributed by atoms with van der Waals surface area (Å²) in [5.41, 5.74) is 3.36. The summed E-state index contributed by atoms with van der Waals surface area (Å²) in [6, 6.07) is 12.2. The van der Waals surface area contributed by atoms with E-state index in [-0.39, 0.29) is 11.8 Å². The Bertz CT molecular complexity index is 858. The maximum atomic E-state index is 12.3. The molecule has 0 spiro atoms. The van der Waals surface area contributed by atoms with Gasteiger partial charge in [0.1, 0.15) is 11.0 Å². The molecular weight excluding hydrogens is 312 g/mol. The standard InChI is InChI=1S/C16H14N4O2S/c1-2-15(21)17-11-4-6-12(7-5-11)18-16(22)10-3-8-13-14(9-10)20-23-19-13/h3-9H,2H2,1H3,(H,17,21)(H,18,22). The van der Waals surface area contributed by atoms with Crippen LogP contribution in [0.25, 0.3) is 11.0 Å². The predicted molar refractivity (Wildman–Crippen MR) is 90.7 cm³/mol. The summed E-state index contributed by atoms with van der Waals surface area (Å²) in [5, 5.41) is 5.57. The summed E-state index contributed by atoms with van der Waals surface area (Å²) in [6.45, 7) is 1.79. The first-order valence-electron chi connectivity index (χ1n) is 7.09. The van der Waals surface area contributed by atoms with E-state index in [1.54, 1.807) is 49.4 Å². The second-order valence-corrected chi connectivity index (χ2v) is 5.43. The van der Waals surface area contributed by atoms with Gasteiger partial charge in [-0.25, -0.2) is 0 Å². The Morgan fingerprint density at radius 2 is 1.61 bits per heavy atom. The highest BCUT2D eigenvalue weighted by molar-refractivity contribution is 7.00. The van der Waals surface area contributed by atoms with Crippen LogP contribution in [0, 0.1) is 0 Å². The maximum absolute atomic E-state index is 12.3. The summed E-state index contributed by atoms with van der Waals surface area (Å²) < 4.78 is 8.23. The third-order valence-electron chi connectivity index (χ3n) is 3.26. The molecule has 0 bridgehead atoms. The fraction of sp³-hybridized carbons (Fsp3) is 0.125. The minimum Gasteiger partial charge on any atom is -0.326 e. The molecule has 0 aliphatic carbocycles. The molecule has 0 radical (unpaired) electrons. The van der Waals surface area contributed by atoms with Gasteiger partial charge in [0.05, 0.1) is 11.7 Å². The molecule has 2 amide bonds. The summed E-state index contributed by atoms with van der Waals surface area (Å²) in [6.07, 6.45) is 0.423. The van der Waals surface area contributed by atoms with E-state index in [1.165, 1.54) is 0 Å². The number of benzene rings is 2. The molecular formula is C16H14N4O2S. The van der Waals surface area contributed by atoms with Gasteiger partial charge in [0, 0.05) is 23.4 Å². The number of fused-ring (bicyclic) bond motifs is 1. The Morgan fingerprint density at radius 3 is 2.30 bits per heavy atom. The maximum Gasteiger partial charge on any atom is 0.255 e. The first kappa shape index (κ1) is 15.1. The highest BCUT2D eigenvalue weighted by atomic mass is 32.1. The van der Waals surface area contributed by atoms with Crippen LogP contribution in [0.15, 0.2) is 42.5 Å². The Labute approximate surface area is 136 Å². The van der Waals surface area contributed by atoms with Crippen molar-refractivity contribution in [1.82, 2.24) is 8.75 Å². The van der Waals surface area contributed by atoms with E-state index < -0.39 is 0 Å². The van der Waals surface area contributed by atoms with Gasteiger partial charge in [-0.1, -0.05) is 6.92 Å². The fourth-order valence-electron chi connectivity index (χ4n) is 2.01. The van der Waals surface area contributed by atoms with Gasteiger partial charge in [0.2, 0.25) is 5.91 Å². The van der Waals surface area contributed by atoms with Gasteiger partial charge in [0.25, 0.3) is 5.91 Å². The van der Waals surface area contributed by atoms with Gasteiger partial charge in [-0.2, -0.15) is 8.75 Å². The van der Waals surface area contributed by atoms with Gasteiger partial charge >= 0.3 is 0 Å². The molecule has 3 aromatic rings. The number of hydrogen-bond acceptors (Lipinski definition) is 5. The van der Waals surface area contributed by atoms with Crippen LogP contribution in [-0.4, -0.2) is 20.6 Å². The van der Waals surface area contributed by atoms with Crippen molar-refractivity contribution in [3.63, 3.8) is 0 Å². The van der Waals surface area contributed by atoms with Crippen molar-refractivity contribution >= 4 is 46.0 Å². The Morgan fingerprint density at radius 1 is 0.957 bits per heavy atom. The SMILES string of the molecule is CCC(=O)Nc1ccc(NC(=O)c2ccc3nsnc3c2)cc1. The Hall–Kier alpha value is -2.80. The monoisotopic (exact) mass is 326 g/mol. The number of amides is 2. The van der Waals surface area contributed by atoms with Gasteiger partial charge in [-0.15, -0.1) is 0 Å². The van der Waals surface area contributed by atoms with Crippen LogP contribution in [0.1, 0.15) is 23.7 Å². The minimum atomic E-state index is -0.217. The van der Waals surface area contributed by atoms with Crippen molar-refractivity contribution in [2.45, 2.75) is 13.3 Å². The van der Waals surface area contributed by atoms with Crippen molar-refractivity contribution in [3.05, 3.63) is 48.0 Å². The third-order valence-corrected chi connectivity index (χ3v) is 3.82. The lowest BCUT2D eigenvalue weighted by atomic mass is 10.2. The summed E-state index contributed by atoms with van der Waals surface area (Å²) in [4.78, 5) is 23.6. The number of carbonyl (C=O) groups excluding carboxylic acids is 2. The van der Waals surface area contributed by atoms with E-state index in [1.807, 2.05) is 0 Å². The quantitative estimate of drug-likeness (QED) is 0.770. The van der Waals surface area contributed by atoms with Crippen LogP contribution in [0.2, 0.25) is 0 Å². The average molecular weight is 326 g/mol. The third kappa shape index (κ3) is 3.51. The number of carbonyl (C=O) groups is 2. The molecule has 7 heteroatoms. The van der Waals surface area contributed by atoms with E-state index in [4.69, 9.17) is 0 Å². The number of hydrogen-bond donors (Lipinski definition) is 2. The number of nitrogens with one attached hydrogen (secondary N) is 2. The fourth-order valence-corrected chi connectivity index (χ4v) is 2.53. The molecule has 0 saturated carbocycles. The predicted octanol–water partition coefficient (Wildman–Crippen LogP) is 3.29. The Balaban J connectivity index is 1.70. The molecule has 0 atom stereocenters. The number of rotatable bonds is 4. The molecule has 1 heterocycles. The molecule has 2 aromatic carbocycles. The minimum absolute atomic E-state index is 0.0491. The lowest BCUT2D eigenvalue weighted by Gasteiger charge is -2.07. The number of anilines is 2. The second kappa shape index (κ2) is 6.53. The van der Waals surface area contributed by atoms with E-state index in [9.17, 15) is 9.59 Å². The second-order valence-electron chi connectivity index (χ2n) is 4.90. The lowest BCUT2D eigenvalue weighted by Crippen LogP contribution is -2.12. The van der Waals surface area contributed by atoms with Crippen molar-refractivity contribution in [1.29, 1.82) is 0 Å². The topological polar surface area (TPSA) is 84.0 Å². The smallest absolute Gasteiger partial charge is 0.255 e. The van der Waals surface area contributed by atoms with Crippen LogP contribution < -0.4 is 10.6 Å². The van der Waals surface area contributed by atoms with Crippen molar-refractivity contribution in [3.8, 4) is 0 Å². The largest absolute Gasteiger partial charge is 0.326 e. The first-order valence-corrected chi connectivity index (χ1v) is 7.82. The van der Waals surface area contributed by atoms with Crippen LogP contribution in [0.4, 0.5) is 11.4 Å². The number of nitrogens with zero attached hydrogens (tertiary/aromatic N) is 2. The van der Waals surface area contributed by atoms with Gasteiger partial charge < -0.3 is 10.6 Å². The first-order chi connectivity index (χ1) is 11.2. The van der Waals surface area contributed by atoms with Crippen molar-refractivity contribution in [2.24, 2.45) is 0 Å². The van der Waals surface area contributed by atoms with Crippen LogP contribution >= 0.6 is 11.7 Å². The lowest BCUT2D eigenvalue weighted by molar-refractivity contribution is -0.115. The van der Waals surface area contributed by atoms with Gasteiger partial charge in [-0.05, 0) is 42.5 Å². The molecule has 0 fully saturated rings. The van der Waals surface area contributed by atoms with Crippen LogP contribution in [0.3, 0.4) is 0 Å². The molecule has 6 nitrogen and oxygen atoms in total. The molecule has 0 aliphatic heterocycles. The molecule has 2 N–H and O–H groups in total. The summed E-state index contributed by atoms with van der Waals surface area (Å²) in [7, 11) is 0. The molecule has 3 rings (SSSR count). The number of aromatic nitrogens is 2. The highest BCUT2D eigenvalue weighted by Crippen LogP contribution is 2.17. The van der Waals surface area contributed by atoms with Crippen LogP contribution in [0.5, 0.6) is 0 Å². The zero-order valence-corrected chi connectivity index (χ0v) is 13.2. The van der Waals surface area contributed by atoms with Gasteiger partial charge in [-0.3, -0.25) is 9.59 Å². The highest BCUT2D eigenvalue weighted by Gasteiger charge is 2.09. The normalized spacial score (nSPS) is 10.5. The van der Waals surface area contributed by atoms with Gasteiger partial charge in [0.15, 0.2) is 0 Å². The molecule has 0 saturated heterocycles. The molecule has 0 unspecified atom stereocenters. The summed E-state index contributed by atoms with van der Waals surface area (Å²) >= 11 is 1.12. The van der Waals surface area contributed by atoms with E-state index in [0.717, 1.165) is 17.2 Å². The van der Waals surface area contributed by atoms with E-state index in [0.29, 0.717) is 28.9 Å². The molecule has 23 heavy (non-hydrogen) atoms. The van der Waals surface area contributed by atoms with Crippen molar-refractivity contribution in [2.75, 3.05) is 10.6 Å². The van der Waals surface area contributed by atoms with Crippen LogP contribution in [-0.2, 0) is 4.79 Å². The zero-order valence-electron chi connectivity index (χ0n) is 12.4. The zero-order chi connectivity index (χ0) is 16.2. The van der Waals surface area contributed by atoms with E-state index >= 15 is 0 Å². The summed E-state index contributed by atoms with van der Waals surface area (Å²) in [5.74, 6) is -0.266. The molecule has 116 valence electrons. The molecule has 0 aliphatic rings. The molecule has 1 aromatic heterocycles.